The molecule has 124 valence electrons. The Balaban J connectivity index is 1.69. The molecule has 2 rings (SSSR count). The van der Waals surface area contributed by atoms with Gasteiger partial charge < -0.3 is 15.2 Å². The molecule has 2 fully saturated rings. The van der Waals surface area contributed by atoms with E-state index in [9.17, 15) is 5.11 Å². The summed E-state index contributed by atoms with van der Waals surface area (Å²) in [7, 11) is 0. The van der Waals surface area contributed by atoms with Crippen molar-refractivity contribution in [2.45, 2.75) is 83.0 Å². The molecule has 4 heteroatoms. The zero-order valence-corrected chi connectivity index (χ0v) is 14.1. The summed E-state index contributed by atoms with van der Waals surface area (Å²) in [6.07, 6.45) is 7.83. The maximum absolute atomic E-state index is 9.62. The van der Waals surface area contributed by atoms with Gasteiger partial charge in [-0.2, -0.15) is 0 Å². The first-order chi connectivity index (χ1) is 10.0. The molecule has 3 unspecified atom stereocenters. The van der Waals surface area contributed by atoms with Crippen LogP contribution in [-0.4, -0.2) is 60.0 Å². The van der Waals surface area contributed by atoms with E-state index < -0.39 is 0 Å². The van der Waals surface area contributed by atoms with Crippen LogP contribution in [0.4, 0.5) is 0 Å². The van der Waals surface area contributed by atoms with Crippen molar-refractivity contribution in [3.05, 3.63) is 0 Å². The standard InChI is InChI=1S/C17H34N2O2/c1-14(2)18-17(3,13-20)9-4-5-10-19-11-12-21-16-8-6-7-15(16)19/h14-16,18,20H,4-13H2,1-3H3. The van der Waals surface area contributed by atoms with Crippen molar-refractivity contribution < 1.29 is 9.84 Å². The van der Waals surface area contributed by atoms with Gasteiger partial charge in [-0.1, -0.05) is 20.3 Å². The molecule has 0 aromatic heterocycles. The van der Waals surface area contributed by atoms with Gasteiger partial charge in [-0.25, -0.2) is 0 Å². The summed E-state index contributed by atoms with van der Waals surface area (Å²) < 4.78 is 5.87. The number of fused-ring (bicyclic) bond motifs is 1. The number of nitrogens with zero attached hydrogens (tertiary/aromatic N) is 1. The zero-order chi connectivity index (χ0) is 15.3. The maximum Gasteiger partial charge on any atom is 0.0730 e. The molecule has 1 saturated carbocycles. The SMILES string of the molecule is CC(C)NC(C)(CO)CCCCN1CCOC2CCCC21. The Kier molecular flexibility index (Phi) is 6.48. The third-order valence-electron chi connectivity index (χ3n) is 5.01. The molecule has 1 aliphatic carbocycles. The Hall–Kier alpha value is -0.160. The molecule has 0 aromatic carbocycles. The van der Waals surface area contributed by atoms with Gasteiger partial charge in [-0.15, -0.1) is 0 Å². The summed E-state index contributed by atoms with van der Waals surface area (Å²) in [6.45, 7) is 9.83. The molecule has 3 atom stereocenters. The highest BCUT2D eigenvalue weighted by atomic mass is 16.5. The molecular weight excluding hydrogens is 264 g/mol. The van der Waals surface area contributed by atoms with Crippen LogP contribution in [0.5, 0.6) is 0 Å². The number of hydrogen-bond acceptors (Lipinski definition) is 4. The summed E-state index contributed by atoms with van der Waals surface area (Å²) in [5.41, 5.74) is -0.130. The van der Waals surface area contributed by atoms with Gasteiger partial charge in [0.25, 0.3) is 0 Å². The van der Waals surface area contributed by atoms with Crippen LogP contribution in [0.2, 0.25) is 0 Å². The van der Waals surface area contributed by atoms with Crippen LogP contribution in [0.15, 0.2) is 0 Å². The van der Waals surface area contributed by atoms with Crippen LogP contribution in [-0.2, 0) is 4.74 Å². The van der Waals surface area contributed by atoms with Crippen molar-refractivity contribution in [1.29, 1.82) is 0 Å². The van der Waals surface area contributed by atoms with Crippen LogP contribution in [0.1, 0.15) is 59.3 Å². The minimum atomic E-state index is -0.130. The molecule has 21 heavy (non-hydrogen) atoms. The Labute approximate surface area is 130 Å². The molecule has 0 aromatic rings. The molecule has 2 aliphatic rings. The Morgan fingerprint density at radius 3 is 2.86 bits per heavy atom. The molecule has 0 amide bonds. The van der Waals surface area contributed by atoms with Gasteiger partial charge in [0.2, 0.25) is 0 Å². The fourth-order valence-corrected chi connectivity index (χ4v) is 4.01. The van der Waals surface area contributed by atoms with E-state index in [0.29, 0.717) is 18.2 Å². The van der Waals surface area contributed by atoms with E-state index in [4.69, 9.17) is 4.74 Å². The third-order valence-corrected chi connectivity index (χ3v) is 5.01. The first-order valence-electron chi connectivity index (χ1n) is 8.78. The summed E-state index contributed by atoms with van der Waals surface area (Å²) in [5, 5.41) is 13.1. The first-order valence-corrected chi connectivity index (χ1v) is 8.78. The maximum atomic E-state index is 9.62. The lowest BCUT2D eigenvalue weighted by Gasteiger charge is -2.38. The van der Waals surface area contributed by atoms with Crippen LogP contribution in [0.25, 0.3) is 0 Å². The van der Waals surface area contributed by atoms with Crippen LogP contribution < -0.4 is 5.32 Å². The lowest BCUT2D eigenvalue weighted by atomic mass is 9.94. The molecule has 1 aliphatic heterocycles. The number of ether oxygens (including phenoxy) is 1. The zero-order valence-electron chi connectivity index (χ0n) is 14.1. The van der Waals surface area contributed by atoms with E-state index in [1.165, 1.54) is 38.6 Å². The van der Waals surface area contributed by atoms with Crippen molar-refractivity contribution in [2.24, 2.45) is 0 Å². The van der Waals surface area contributed by atoms with Gasteiger partial charge in [0, 0.05) is 24.2 Å². The first kappa shape index (κ1) is 17.2. The molecule has 1 heterocycles. The predicted octanol–water partition coefficient (Wildman–Crippen LogP) is 2.16. The smallest absolute Gasteiger partial charge is 0.0730 e. The number of aliphatic hydroxyl groups is 1. The van der Waals surface area contributed by atoms with E-state index in [1.807, 2.05) is 0 Å². The molecule has 1 saturated heterocycles. The quantitative estimate of drug-likeness (QED) is 0.674. The van der Waals surface area contributed by atoms with Gasteiger partial charge in [0.05, 0.1) is 19.3 Å². The molecule has 2 N–H and O–H groups in total. The number of nitrogens with one attached hydrogen (secondary N) is 1. The molecule has 0 bridgehead atoms. The highest BCUT2D eigenvalue weighted by Crippen LogP contribution is 2.29. The highest BCUT2D eigenvalue weighted by Gasteiger charge is 2.35. The van der Waals surface area contributed by atoms with Gasteiger partial charge in [-0.3, -0.25) is 4.90 Å². The monoisotopic (exact) mass is 298 g/mol. The van der Waals surface area contributed by atoms with Crippen molar-refractivity contribution in [1.82, 2.24) is 10.2 Å². The van der Waals surface area contributed by atoms with Crippen LogP contribution >= 0.6 is 0 Å². The summed E-state index contributed by atoms with van der Waals surface area (Å²) in [5.74, 6) is 0. The van der Waals surface area contributed by atoms with Gasteiger partial charge in [-0.05, 0) is 45.6 Å². The second-order valence-corrected chi connectivity index (χ2v) is 7.42. The van der Waals surface area contributed by atoms with E-state index in [1.54, 1.807) is 0 Å². The van der Waals surface area contributed by atoms with E-state index >= 15 is 0 Å². The fraction of sp³-hybridized carbons (Fsp3) is 1.00. The Bertz CT molecular complexity index is 311. The Morgan fingerprint density at radius 2 is 2.14 bits per heavy atom. The van der Waals surface area contributed by atoms with Crippen LogP contribution in [0, 0.1) is 0 Å². The summed E-state index contributed by atoms with van der Waals surface area (Å²) in [6, 6.07) is 1.09. The van der Waals surface area contributed by atoms with E-state index in [0.717, 1.165) is 19.6 Å². The van der Waals surface area contributed by atoms with Crippen LogP contribution in [0.3, 0.4) is 0 Å². The summed E-state index contributed by atoms with van der Waals surface area (Å²) in [4.78, 5) is 2.65. The van der Waals surface area contributed by atoms with Crippen molar-refractivity contribution in [3.8, 4) is 0 Å². The lowest BCUT2D eigenvalue weighted by Crippen LogP contribution is -2.50. The fourth-order valence-electron chi connectivity index (χ4n) is 4.01. The third kappa shape index (κ3) is 4.92. The van der Waals surface area contributed by atoms with Crippen molar-refractivity contribution >= 4 is 0 Å². The molecule has 0 spiro atoms. The number of morpholine rings is 1. The normalized spacial score (nSPS) is 29.6. The minimum Gasteiger partial charge on any atom is -0.394 e. The van der Waals surface area contributed by atoms with Crippen molar-refractivity contribution in [3.63, 3.8) is 0 Å². The largest absolute Gasteiger partial charge is 0.394 e. The topological polar surface area (TPSA) is 44.7 Å². The molecule has 4 nitrogen and oxygen atoms in total. The lowest BCUT2D eigenvalue weighted by molar-refractivity contribution is -0.0560. The Morgan fingerprint density at radius 1 is 1.33 bits per heavy atom. The predicted molar refractivity (Wildman–Crippen MR) is 86.6 cm³/mol. The summed E-state index contributed by atoms with van der Waals surface area (Å²) >= 11 is 0. The molecular formula is C17H34N2O2. The van der Waals surface area contributed by atoms with Crippen molar-refractivity contribution in [2.75, 3.05) is 26.3 Å². The number of hydrogen-bond donors (Lipinski definition) is 2. The number of aliphatic hydroxyl groups excluding tert-OH is 1. The highest BCUT2D eigenvalue weighted by molar-refractivity contribution is 4.89. The second kappa shape index (κ2) is 7.91. The second-order valence-electron chi connectivity index (χ2n) is 7.42. The average Bonchev–Trinajstić information content (AvgIpc) is 2.92. The minimum absolute atomic E-state index is 0.130. The number of unbranched alkanes of at least 4 members (excludes halogenated alkanes) is 1. The number of rotatable bonds is 8. The van der Waals surface area contributed by atoms with E-state index in [2.05, 4.69) is 31.0 Å². The van der Waals surface area contributed by atoms with Gasteiger partial charge >= 0.3 is 0 Å². The van der Waals surface area contributed by atoms with Gasteiger partial charge in [0.15, 0.2) is 0 Å². The molecule has 0 radical (unpaired) electrons. The van der Waals surface area contributed by atoms with E-state index in [-0.39, 0.29) is 12.1 Å². The average molecular weight is 298 g/mol. The van der Waals surface area contributed by atoms with Gasteiger partial charge in [0.1, 0.15) is 0 Å².